The number of ether oxygens (including phenoxy) is 5. The van der Waals surface area contributed by atoms with Crippen molar-refractivity contribution in [3.05, 3.63) is 22.7 Å². The summed E-state index contributed by atoms with van der Waals surface area (Å²) in [7, 11) is 0. The summed E-state index contributed by atoms with van der Waals surface area (Å²) in [5, 5.41) is 77.9. The molecular weight excluding hydrogens is 658 g/mol. The molecule has 4 heterocycles. The Labute approximate surface area is 280 Å². The molecule has 1 aromatic rings. The van der Waals surface area contributed by atoms with Crippen LogP contribution in [0.15, 0.2) is 17.1 Å². The highest BCUT2D eigenvalue weighted by Gasteiger charge is 2.49. The molecule has 0 aromatic carbocycles. The first kappa shape index (κ1) is 38.9. The highest BCUT2D eigenvalue weighted by molar-refractivity contribution is 5.73. The zero-order valence-electron chi connectivity index (χ0n) is 27.1. The number of nitrogens with two attached hydrogens (primary N) is 1. The van der Waals surface area contributed by atoms with E-state index < -0.39 is 122 Å². The number of amides is 2. The second-order valence-electron chi connectivity index (χ2n) is 12.4. The lowest BCUT2D eigenvalue weighted by atomic mass is 9.85. The van der Waals surface area contributed by atoms with Gasteiger partial charge in [0.05, 0.1) is 76.6 Å². The van der Waals surface area contributed by atoms with Crippen molar-refractivity contribution < 1.29 is 69.0 Å². The molecule has 3 aliphatic rings. The van der Waals surface area contributed by atoms with Crippen LogP contribution in [0.3, 0.4) is 0 Å². The van der Waals surface area contributed by atoms with Crippen LogP contribution in [0.2, 0.25) is 0 Å². The summed E-state index contributed by atoms with van der Waals surface area (Å²) < 4.78 is 30.1. The van der Waals surface area contributed by atoms with E-state index in [0.717, 1.165) is 4.57 Å². The quantitative estimate of drug-likeness (QED) is 0.0861. The lowest BCUT2D eigenvalue weighted by Gasteiger charge is -2.45. The lowest BCUT2D eigenvalue weighted by Crippen LogP contribution is -2.65. The molecule has 4 rings (SSSR count). The largest absolute Gasteiger partial charge is 0.394 e. The van der Waals surface area contributed by atoms with E-state index in [1.165, 1.54) is 26.1 Å². The number of aliphatic hydroxyl groups excluding tert-OH is 7. The van der Waals surface area contributed by atoms with Crippen LogP contribution in [0.1, 0.15) is 20.1 Å². The van der Waals surface area contributed by atoms with Crippen LogP contribution in [0.4, 0.5) is 5.82 Å². The Morgan fingerprint density at radius 1 is 0.755 bits per heavy atom. The number of hydrogen-bond acceptors (Lipinski definition) is 17. The molecule has 11 N–H and O–H groups in total. The van der Waals surface area contributed by atoms with E-state index in [0.29, 0.717) is 0 Å². The van der Waals surface area contributed by atoms with Crippen LogP contribution in [0.25, 0.3) is 0 Å². The first-order valence-electron chi connectivity index (χ1n) is 15.9. The molecule has 20 heteroatoms. The van der Waals surface area contributed by atoms with Gasteiger partial charge in [0.25, 0.3) is 0 Å². The van der Waals surface area contributed by atoms with Crippen LogP contribution >= 0.6 is 0 Å². The highest BCUT2D eigenvalue weighted by atomic mass is 16.6. The topological polar surface area (TPSA) is 307 Å². The molecule has 2 amide bonds. The van der Waals surface area contributed by atoms with Crippen molar-refractivity contribution in [1.82, 2.24) is 20.2 Å². The molecule has 0 spiro atoms. The summed E-state index contributed by atoms with van der Waals surface area (Å²) in [6.45, 7) is -0.154. The molecule has 278 valence electrons. The zero-order chi connectivity index (χ0) is 36.0. The summed E-state index contributed by atoms with van der Waals surface area (Å²) >= 11 is 0. The molecule has 14 unspecified atom stereocenters. The predicted molar refractivity (Wildman–Crippen MR) is 163 cm³/mol. The average molecular weight is 706 g/mol. The van der Waals surface area contributed by atoms with Gasteiger partial charge in [0.15, 0.2) is 6.23 Å². The normalized spacial score (nSPS) is 37.9. The van der Waals surface area contributed by atoms with Crippen molar-refractivity contribution >= 4 is 17.6 Å². The lowest BCUT2D eigenvalue weighted by molar-refractivity contribution is -0.217. The van der Waals surface area contributed by atoms with Crippen molar-refractivity contribution in [2.24, 2.45) is 11.8 Å². The molecular formula is C29H47N5O15. The van der Waals surface area contributed by atoms with Crippen LogP contribution in [-0.2, 0) is 33.3 Å². The monoisotopic (exact) mass is 705 g/mol. The van der Waals surface area contributed by atoms with Gasteiger partial charge in [-0.1, -0.05) is 0 Å². The van der Waals surface area contributed by atoms with Gasteiger partial charge in [-0.15, -0.1) is 0 Å². The van der Waals surface area contributed by atoms with Gasteiger partial charge in [0.1, 0.15) is 42.4 Å². The molecule has 0 radical (unpaired) electrons. The van der Waals surface area contributed by atoms with Gasteiger partial charge >= 0.3 is 5.69 Å². The summed E-state index contributed by atoms with van der Waals surface area (Å²) in [5.74, 6) is -2.74. The third-order valence-electron chi connectivity index (χ3n) is 9.00. The van der Waals surface area contributed by atoms with Crippen molar-refractivity contribution in [2.75, 3.05) is 52.0 Å². The van der Waals surface area contributed by atoms with Crippen LogP contribution in [-0.4, -0.2) is 170 Å². The SMILES string of the molecule is CC(=O)NC1C(COCC2C(CO)OC(COCC3C(CO)OC(n4ccc(N)nc4=O)C3O)C(NC(C)=O)C2O)OC(CO)C(O)C1O. The molecule has 0 saturated carbocycles. The van der Waals surface area contributed by atoms with E-state index in [4.69, 9.17) is 29.4 Å². The summed E-state index contributed by atoms with van der Waals surface area (Å²) in [5.41, 5.74) is 4.78. The molecule has 3 saturated heterocycles. The molecule has 1 aromatic heterocycles. The van der Waals surface area contributed by atoms with Gasteiger partial charge in [-0.2, -0.15) is 4.98 Å². The molecule has 3 fully saturated rings. The Morgan fingerprint density at radius 3 is 1.76 bits per heavy atom. The Morgan fingerprint density at radius 2 is 1.24 bits per heavy atom. The van der Waals surface area contributed by atoms with Crippen molar-refractivity contribution in [1.29, 1.82) is 0 Å². The molecule has 14 atom stereocenters. The highest BCUT2D eigenvalue weighted by Crippen LogP contribution is 2.34. The second kappa shape index (κ2) is 17.4. The fourth-order valence-electron chi connectivity index (χ4n) is 6.47. The first-order chi connectivity index (χ1) is 23.3. The fourth-order valence-corrected chi connectivity index (χ4v) is 6.47. The molecule has 20 nitrogen and oxygen atoms in total. The number of aromatic nitrogens is 2. The Kier molecular flexibility index (Phi) is 13.8. The predicted octanol–water partition coefficient (Wildman–Crippen LogP) is -6.05. The Balaban J connectivity index is 1.39. The van der Waals surface area contributed by atoms with E-state index in [1.54, 1.807) is 0 Å². The van der Waals surface area contributed by atoms with Gasteiger partial charge in [-0.25, -0.2) is 4.79 Å². The fraction of sp³-hybridized carbons (Fsp3) is 0.793. The average Bonchev–Trinajstić information content (AvgIpc) is 3.36. The van der Waals surface area contributed by atoms with Gasteiger partial charge in [0, 0.05) is 31.9 Å². The number of carbonyl (C=O) groups is 2. The minimum atomic E-state index is -1.48. The number of carbonyl (C=O) groups excluding carboxylic acids is 2. The Hall–Kier alpha value is -2.86. The van der Waals surface area contributed by atoms with E-state index in [1.807, 2.05) is 0 Å². The first-order valence-corrected chi connectivity index (χ1v) is 15.9. The molecule has 0 aliphatic carbocycles. The number of rotatable bonds is 14. The van der Waals surface area contributed by atoms with E-state index in [-0.39, 0.29) is 32.2 Å². The van der Waals surface area contributed by atoms with Crippen molar-refractivity contribution in [3.8, 4) is 0 Å². The maximum Gasteiger partial charge on any atom is 0.351 e. The van der Waals surface area contributed by atoms with Crippen LogP contribution < -0.4 is 22.1 Å². The van der Waals surface area contributed by atoms with Gasteiger partial charge in [0.2, 0.25) is 11.8 Å². The zero-order valence-corrected chi connectivity index (χ0v) is 27.1. The van der Waals surface area contributed by atoms with Crippen molar-refractivity contribution in [2.45, 2.75) is 87.1 Å². The Bertz CT molecular complexity index is 1310. The minimum absolute atomic E-state index is 0.0173. The number of anilines is 1. The summed E-state index contributed by atoms with van der Waals surface area (Å²) in [6.07, 6.45) is -10.5. The number of hydrogen-bond donors (Lipinski definition) is 10. The minimum Gasteiger partial charge on any atom is -0.394 e. The summed E-state index contributed by atoms with van der Waals surface area (Å²) in [6, 6.07) is -0.778. The van der Waals surface area contributed by atoms with E-state index in [9.17, 15) is 50.1 Å². The van der Waals surface area contributed by atoms with Crippen LogP contribution in [0.5, 0.6) is 0 Å². The second-order valence-corrected chi connectivity index (χ2v) is 12.4. The molecule has 49 heavy (non-hydrogen) atoms. The summed E-state index contributed by atoms with van der Waals surface area (Å²) in [4.78, 5) is 39.8. The van der Waals surface area contributed by atoms with Gasteiger partial charge < -0.3 is 75.8 Å². The van der Waals surface area contributed by atoms with E-state index >= 15 is 0 Å². The standard InChI is InChI=1S/C29H47N5O15/c1-12(38)31-22-19(10-46-9-15-17(6-36)49-28(25(15)41)34-4-3-21(30)33-29(34)44)47-16(5-35)14(24(22)40)8-45-11-20-23(32-13(2)39)27(43)26(42)18(7-37)48-20/h3-4,14-20,22-28,35-37,40-43H,5-11H2,1-2H3,(H,31,38)(H,32,39)(H2,30,33,44). The van der Waals surface area contributed by atoms with Crippen molar-refractivity contribution in [3.63, 3.8) is 0 Å². The smallest absolute Gasteiger partial charge is 0.351 e. The number of aliphatic hydroxyl groups is 7. The maximum absolute atomic E-state index is 12.3. The van der Waals surface area contributed by atoms with E-state index in [2.05, 4.69) is 15.6 Å². The third kappa shape index (κ3) is 9.09. The third-order valence-corrected chi connectivity index (χ3v) is 9.00. The van der Waals surface area contributed by atoms with Crippen LogP contribution in [0, 0.1) is 11.8 Å². The number of nitrogens with one attached hydrogen (secondary N) is 2. The number of nitrogen functional groups attached to an aromatic ring is 1. The molecule has 0 bridgehead atoms. The molecule has 3 aliphatic heterocycles. The van der Waals surface area contributed by atoms with Gasteiger partial charge in [-0.3, -0.25) is 14.2 Å². The van der Waals surface area contributed by atoms with Gasteiger partial charge in [-0.05, 0) is 6.07 Å². The number of nitrogens with zero attached hydrogens (tertiary/aromatic N) is 2. The maximum atomic E-state index is 12.3.